The lowest BCUT2D eigenvalue weighted by molar-refractivity contribution is -0.0409. The highest BCUT2D eigenvalue weighted by Crippen LogP contribution is 2.43. The summed E-state index contributed by atoms with van der Waals surface area (Å²) in [5.74, 6) is 2.54. The molecule has 1 atom stereocenters. The van der Waals surface area contributed by atoms with E-state index in [1.165, 1.54) is 25.0 Å². The minimum atomic E-state index is 0.0238. The Morgan fingerprint density at radius 3 is 2.81 bits per heavy atom. The van der Waals surface area contributed by atoms with Crippen LogP contribution in [0.1, 0.15) is 49.9 Å². The first-order valence-corrected chi connectivity index (χ1v) is 10.8. The van der Waals surface area contributed by atoms with E-state index in [1.807, 2.05) is 31.1 Å². The molecule has 31 heavy (non-hydrogen) atoms. The van der Waals surface area contributed by atoms with Crippen molar-refractivity contribution in [3.63, 3.8) is 0 Å². The van der Waals surface area contributed by atoms with Crippen molar-refractivity contribution in [2.45, 2.75) is 44.2 Å². The van der Waals surface area contributed by atoms with E-state index in [0.29, 0.717) is 23.1 Å². The fourth-order valence-electron chi connectivity index (χ4n) is 3.92. The highest BCUT2D eigenvalue weighted by atomic mass is 16.5. The Morgan fingerprint density at radius 1 is 1.23 bits per heavy atom. The van der Waals surface area contributed by atoms with Gasteiger partial charge in [-0.3, -0.25) is 0 Å². The molecule has 0 amide bonds. The maximum absolute atomic E-state index is 6.00. The van der Waals surface area contributed by atoms with E-state index >= 15 is 0 Å². The van der Waals surface area contributed by atoms with Gasteiger partial charge in [-0.25, -0.2) is 9.67 Å². The van der Waals surface area contributed by atoms with Crippen LogP contribution in [0.15, 0.2) is 27.7 Å². The number of rotatable bonds is 7. The molecule has 5 rings (SSSR count). The molecule has 0 bridgehead atoms. The molecule has 2 aromatic heterocycles. The molecule has 9 nitrogen and oxygen atoms in total. The summed E-state index contributed by atoms with van der Waals surface area (Å²) in [6.07, 6.45) is 7.43. The molecule has 1 N–H and O–H groups in total. The molecule has 1 saturated carbocycles. The van der Waals surface area contributed by atoms with Crippen LogP contribution in [0.2, 0.25) is 0 Å². The number of hydrogen-bond donors (Lipinski definition) is 1. The molecular formula is C22H28N6O3. The summed E-state index contributed by atoms with van der Waals surface area (Å²) in [6, 6.07) is 5.90. The highest BCUT2D eigenvalue weighted by Gasteiger charge is 2.31. The van der Waals surface area contributed by atoms with Crippen molar-refractivity contribution in [2.24, 2.45) is 4.99 Å². The van der Waals surface area contributed by atoms with E-state index in [4.69, 9.17) is 19.1 Å². The third-order valence-electron chi connectivity index (χ3n) is 5.64. The van der Waals surface area contributed by atoms with Crippen LogP contribution in [0.25, 0.3) is 11.0 Å². The standard InChI is InChI=1S/C22H28N6O3/c1-27(2)13-23-22-15-10-19(29-3)16(11-18(15)31-26-22)24-20-12-17(14-7-8-14)28(25-20)21-6-4-5-9-30-21/h10-14,21H,4-9H2,1-3H3,(H,24,25). The number of benzene rings is 1. The minimum Gasteiger partial charge on any atom is -0.495 e. The van der Waals surface area contributed by atoms with E-state index in [1.54, 1.807) is 13.4 Å². The van der Waals surface area contributed by atoms with Crippen molar-refractivity contribution < 1.29 is 14.0 Å². The van der Waals surface area contributed by atoms with Gasteiger partial charge in [0.2, 0.25) is 5.82 Å². The van der Waals surface area contributed by atoms with Gasteiger partial charge in [0, 0.05) is 44.4 Å². The van der Waals surface area contributed by atoms with Crippen LogP contribution in [0.3, 0.4) is 0 Å². The van der Waals surface area contributed by atoms with Gasteiger partial charge in [0.05, 0.1) is 24.5 Å². The molecule has 3 heterocycles. The molecule has 0 spiro atoms. The van der Waals surface area contributed by atoms with E-state index in [9.17, 15) is 0 Å². The summed E-state index contributed by atoms with van der Waals surface area (Å²) in [6.45, 7) is 0.798. The number of nitrogens with zero attached hydrogens (tertiary/aromatic N) is 5. The second-order valence-corrected chi connectivity index (χ2v) is 8.38. The van der Waals surface area contributed by atoms with Crippen molar-refractivity contribution in [3.05, 3.63) is 23.9 Å². The molecule has 2 fully saturated rings. The van der Waals surface area contributed by atoms with Crippen LogP contribution >= 0.6 is 0 Å². The Labute approximate surface area is 181 Å². The lowest BCUT2D eigenvalue weighted by atomic mass is 10.2. The number of methoxy groups -OCH3 is 1. The van der Waals surface area contributed by atoms with Crippen LogP contribution < -0.4 is 10.1 Å². The fourth-order valence-corrected chi connectivity index (χ4v) is 3.92. The van der Waals surface area contributed by atoms with Crippen molar-refractivity contribution in [2.75, 3.05) is 33.1 Å². The molecule has 1 unspecified atom stereocenters. The first kappa shape index (κ1) is 19.9. The smallest absolute Gasteiger partial charge is 0.204 e. The van der Waals surface area contributed by atoms with Gasteiger partial charge in [-0.15, -0.1) is 0 Å². The van der Waals surface area contributed by atoms with Crippen molar-refractivity contribution in [1.29, 1.82) is 0 Å². The van der Waals surface area contributed by atoms with Gasteiger partial charge in [-0.2, -0.15) is 5.10 Å². The van der Waals surface area contributed by atoms with Gasteiger partial charge in [0.1, 0.15) is 5.75 Å². The van der Waals surface area contributed by atoms with Crippen LogP contribution in [0.5, 0.6) is 5.75 Å². The quantitative estimate of drug-likeness (QED) is 0.439. The molecule has 2 aliphatic rings. The summed E-state index contributed by atoms with van der Waals surface area (Å²) in [7, 11) is 5.45. The second-order valence-electron chi connectivity index (χ2n) is 8.38. The van der Waals surface area contributed by atoms with Gasteiger partial charge in [-0.05, 0) is 38.2 Å². The van der Waals surface area contributed by atoms with Crippen molar-refractivity contribution in [3.8, 4) is 5.75 Å². The number of fused-ring (bicyclic) bond motifs is 1. The summed E-state index contributed by atoms with van der Waals surface area (Å²) in [4.78, 5) is 6.21. The Bertz CT molecular complexity index is 1090. The number of aromatic nitrogens is 3. The van der Waals surface area contributed by atoms with Crippen LogP contribution in [0, 0.1) is 0 Å². The summed E-state index contributed by atoms with van der Waals surface area (Å²) < 4.78 is 19.2. The first-order chi connectivity index (χ1) is 15.1. The lowest BCUT2D eigenvalue weighted by Crippen LogP contribution is -2.20. The zero-order valence-electron chi connectivity index (χ0n) is 18.2. The summed E-state index contributed by atoms with van der Waals surface area (Å²) in [5.41, 5.74) is 2.65. The van der Waals surface area contributed by atoms with Crippen LogP contribution in [-0.4, -0.2) is 54.0 Å². The average Bonchev–Trinajstić information content (AvgIpc) is 3.42. The normalized spacial score (nSPS) is 19.3. The predicted octanol–water partition coefficient (Wildman–Crippen LogP) is 4.57. The number of aliphatic imine (C=N–C) groups is 1. The van der Waals surface area contributed by atoms with E-state index in [2.05, 4.69) is 26.2 Å². The maximum atomic E-state index is 6.00. The average molecular weight is 425 g/mol. The third kappa shape index (κ3) is 4.10. The topological polar surface area (TPSA) is 89.9 Å². The Morgan fingerprint density at radius 2 is 2.10 bits per heavy atom. The van der Waals surface area contributed by atoms with E-state index < -0.39 is 0 Å². The monoisotopic (exact) mass is 424 g/mol. The zero-order chi connectivity index (χ0) is 21.4. The molecule has 1 aliphatic heterocycles. The minimum absolute atomic E-state index is 0.0238. The van der Waals surface area contributed by atoms with Gasteiger partial charge < -0.3 is 24.2 Å². The molecule has 3 aromatic rings. The molecule has 1 aromatic carbocycles. The van der Waals surface area contributed by atoms with Gasteiger partial charge in [-0.1, -0.05) is 5.16 Å². The van der Waals surface area contributed by atoms with Crippen LogP contribution in [0.4, 0.5) is 17.3 Å². The number of hydrogen-bond acceptors (Lipinski definition) is 7. The summed E-state index contributed by atoms with van der Waals surface area (Å²) >= 11 is 0. The Kier molecular flexibility index (Phi) is 5.27. The third-order valence-corrected chi connectivity index (χ3v) is 5.64. The molecule has 1 aliphatic carbocycles. The first-order valence-electron chi connectivity index (χ1n) is 10.8. The molecule has 0 radical (unpaired) electrons. The second kappa shape index (κ2) is 8.22. The van der Waals surface area contributed by atoms with E-state index in [-0.39, 0.29) is 6.23 Å². The molecular weight excluding hydrogens is 396 g/mol. The maximum Gasteiger partial charge on any atom is 0.204 e. The van der Waals surface area contributed by atoms with Gasteiger partial charge in [0.15, 0.2) is 17.6 Å². The molecule has 164 valence electrons. The SMILES string of the molecule is COc1cc2c(N=CN(C)C)noc2cc1Nc1cc(C2CC2)n(C2CCCCO2)n1. The Balaban J connectivity index is 1.46. The zero-order valence-corrected chi connectivity index (χ0v) is 18.2. The van der Waals surface area contributed by atoms with Crippen molar-refractivity contribution in [1.82, 2.24) is 19.8 Å². The number of nitrogens with one attached hydrogen (secondary N) is 1. The predicted molar refractivity (Wildman–Crippen MR) is 119 cm³/mol. The van der Waals surface area contributed by atoms with Crippen molar-refractivity contribution >= 4 is 34.6 Å². The molecule has 1 saturated heterocycles. The number of anilines is 2. The molecule has 9 heteroatoms. The van der Waals surface area contributed by atoms with Crippen LogP contribution in [-0.2, 0) is 4.74 Å². The van der Waals surface area contributed by atoms with Gasteiger partial charge in [0.25, 0.3) is 0 Å². The number of ether oxygens (including phenoxy) is 2. The highest BCUT2D eigenvalue weighted by molar-refractivity contribution is 5.93. The Hall–Kier alpha value is -3.07. The van der Waals surface area contributed by atoms with E-state index in [0.717, 1.165) is 36.3 Å². The van der Waals surface area contributed by atoms with Gasteiger partial charge >= 0.3 is 0 Å². The summed E-state index contributed by atoms with van der Waals surface area (Å²) in [5, 5.41) is 13.1. The fraction of sp³-hybridized carbons (Fsp3) is 0.500. The lowest BCUT2D eigenvalue weighted by Gasteiger charge is -2.24. The largest absolute Gasteiger partial charge is 0.495 e.